The molecule has 0 bridgehead atoms. The Kier molecular flexibility index (Phi) is 7.77. The van der Waals surface area contributed by atoms with Crippen LogP contribution in [0, 0.1) is 0 Å². The Morgan fingerprint density at radius 1 is 1.27 bits per heavy atom. The van der Waals surface area contributed by atoms with Crippen LogP contribution in [-0.2, 0) is 0 Å². The maximum Gasteiger partial charge on any atom is 0.0673 e. The molecular formula is C12H17N3. The van der Waals surface area contributed by atoms with Crippen LogP contribution in [0.1, 0.15) is 6.92 Å². The molecule has 0 aliphatic carbocycles. The first-order valence-corrected chi connectivity index (χ1v) is 4.64. The van der Waals surface area contributed by atoms with Gasteiger partial charge in [-0.25, -0.2) is 0 Å². The van der Waals surface area contributed by atoms with E-state index in [0.29, 0.717) is 0 Å². The van der Waals surface area contributed by atoms with Gasteiger partial charge in [0.05, 0.1) is 5.71 Å². The molecule has 0 unspecified atom stereocenters. The van der Waals surface area contributed by atoms with Crippen LogP contribution in [0.15, 0.2) is 51.1 Å². The Balaban J connectivity index is 5.04. The lowest BCUT2D eigenvalue weighted by molar-refractivity contribution is 1.43. The van der Waals surface area contributed by atoms with Gasteiger partial charge in [0.25, 0.3) is 0 Å². The van der Waals surface area contributed by atoms with Gasteiger partial charge in [0.15, 0.2) is 0 Å². The standard InChI is InChI=1S/C12H17N3/c1-5-6-7-11(10-14-3)12(15-4)8-9-13-2/h5-10H,2H2,1,3-4H3/b6-5-,9-8-,11-7-,14-10?,15-12?. The molecule has 0 amide bonds. The molecule has 0 rings (SSSR count). The van der Waals surface area contributed by atoms with Crippen molar-refractivity contribution < 1.29 is 0 Å². The molecule has 80 valence electrons. The van der Waals surface area contributed by atoms with Crippen LogP contribution in [0.2, 0.25) is 0 Å². The van der Waals surface area contributed by atoms with Crippen molar-refractivity contribution in [1.82, 2.24) is 0 Å². The predicted molar refractivity (Wildman–Crippen MR) is 69.4 cm³/mol. The van der Waals surface area contributed by atoms with E-state index in [1.807, 2.05) is 25.2 Å². The van der Waals surface area contributed by atoms with Gasteiger partial charge in [0.2, 0.25) is 0 Å². The number of hydrogen-bond donors (Lipinski definition) is 0. The Morgan fingerprint density at radius 2 is 2.00 bits per heavy atom. The van der Waals surface area contributed by atoms with Gasteiger partial charge < -0.3 is 0 Å². The molecule has 3 heteroatoms. The highest BCUT2D eigenvalue weighted by Crippen LogP contribution is 1.99. The summed E-state index contributed by atoms with van der Waals surface area (Å²) in [6, 6.07) is 0. The van der Waals surface area contributed by atoms with Gasteiger partial charge in [-0.15, -0.1) is 0 Å². The lowest BCUT2D eigenvalue weighted by Crippen LogP contribution is -2.00. The van der Waals surface area contributed by atoms with Crippen molar-refractivity contribution >= 4 is 18.6 Å². The second-order valence-corrected chi connectivity index (χ2v) is 2.64. The lowest BCUT2D eigenvalue weighted by Gasteiger charge is -1.98. The third kappa shape index (κ3) is 5.52. The minimum atomic E-state index is 0.825. The Labute approximate surface area is 91.4 Å². The molecule has 0 aromatic carbocycles. The summed E-state index contributed by atoms with van der Waals surface area (Å²) < 4.78 is 0. The molecule has 0 saturated carbocycles. The van der Waals surface area contributed by atoms with Crippen molar-refractivity contribution in [2.24, 2.45) is 15.0 Å². The predicted octanol–water partition coefficient (Wildman–Crippen LogP) is 2.47. The molecule has 0 saturated heterocycles. The largest absolute Gasteiger partial charge is 0.296 e. The zero-order valence-corrected chi connectivity index (χ0v) is 9.51. The van der Waals surface area contributed by atoms with E-state index in [-0.39, 0.29) is 0 Å². The van der Waals surface area contributed by atoms with E-state index in [1.54, 1.807) is 32.6 Å². The van der Waals surface area contributed by atoms with Crippen LogP contribution in [0.25, 0.3) is 0 Å². The third-order valence-corrected chi connectivity index (χ3v) is 1.61. The van der Waals surface area contributed by atoms with Crippen molar-refractivity contribution in [1.29, 1.82) is 0 Å². The summed E-state index contributed by atoms with van der Waals surface area (Å²) in [4.78, 5) is 11.8. The maximum absolute atomic E-state index is 4.15. The van der Waals surface area contributed by atoms with Crippen LogP contribution in [0.4, 0.5) is 0 Å². The second kappa shape index (κ2) is 8.81. The topological polar surface area (TPSA) is 37.1 Å². The summed E-state index contributed by atoms with van der Waals surface area (Å²) in [7, 11) is 3.46. The first-order valence-electron chi connectivity index (χ1n) is 4.64. The fourth-order valence-electron chi connectivity index (χ4n) is 0.957. The van der Waals surface area contributed by atoms with Gasteiger partial charge in [0, 0.05) is 32.1 Å². The van der Waals surface area contributed by atoms with Gasteiger partial charge in [0.1, 0.15) is 0 Å². The molecule has 0 heterocycles. The second-order valence-electron chi connectivity index (χ2n) is 2.64. The van der Waals surface area contributed by atoms with Gasteiger partial charge in [-0.05, 0) is 19.7 Å². The number of nitrogens with zero attached hydrogens (tertiary/aromatic N) is 3. The molecule has 0 aliphatic heterocycles. The summed E-state index contributed by atoms with van der Waals surface area (Å²) >= 11 is 0. The zero-order chi connectivity index (χ0) is 11.5. The molecule has 3 nitrogen and oxygen atoms in total. The molecule has 0 aromatic heterocycles. The van der Waals surface area contributed by atoms with Gasteiger partial charge in [-0.3, -0.25) is 15.0 Å². The third-order valence-electron chi connectivity index (χ3n) is 1.61. The summed E-state index contributed by atoms with van der Waals surface area (Å²) in [5.41, 5.74) is 1.77. The zero-order valence-electron chi connectivity index (χ0n) is 9.51. The van der Waals surface area contributed by atoms with Gasteiger partial charge >= 0.3 is 0 Å². The van der Waals surface area contributed by atoms with E-state index in [2.05, 4.69) is 21.7 Å². The fourth-order valence-corrected chi connectivity index (χ4v) is 0.957. The number of allylic oxidation sites excluding steroid dienone is 5. The fraction of sp³-hybridized carbons (Fsp3) is 0.250. The molecule has 0 atom stereocenters. The van der Waals surface area contributed by atoms with Crippen molar-refractivity contribution in [2.75, 3.05) is 14.1 Å². The summed E-state index contributed by atoms with van der Waals surface area (Å²) in [6.45, 7) is 5.33. The molecule has 0 aromatic rings. The van der Waals surface area contributed by atoms with E-state index < -0.39 is 0 Å². The van der Waals surface area contributed by atoms with Crippen LogP contribution in [-0.4, -0.2) is 32.7 Å². The Bertz CT molecular complexity index is 331. The average Bonchev–Trinajstić information content (AvgIpc) is 2.26. The van der Waals surface area contributed by atoms with Crippen molar-refractivity contribution in [3.05, 3.63) is 36.1 Å². The van der Waals surface area contributed by atoms with E-state index in [9.17, 15) is 0 Å². The highest BCUT2D eigenvalue weighted by molar-refractivity contribution is 6.21. The number of rotatable bonds is 5. The molecule has 0 radical (unpaired) electrons. The van der Waals surface area contributed by atoms with E-state index >= 15 is 0 Å². The van der Waals surface area contributed by atoms with Crippen LogP contribution < -0.4 is 0 Å². The minimum absolute atomic E-state index is 0.825. The van der Waals surface area contributed by atoms with Crippen LogP contribution in [0.3, 0.4) is 0 Å². The smallest absolute Gasteiger partial charge is 0.0673 e. The van der Waals surface area contributed by atoms with Crippen molar-refractivity contribution in [3.8, 4) is 0 Å². The van der Waals surface area contributed by atoms with Crippen LogP contribution in [0.5, 0.6) is 0 Å². The lowest BCUT2D eigenvalue weighted by atomic mass is 10.1. The molecule has 15 heavy (non-hydrogen) atoms. The van der Waals surface area contributed by atoms with Gasteiger partial charge in [-0.2, -0.15) is 0 Å². The maximum atomic E-state index is 4.15. The highest BCUT2D eigenvalue weighted by atomic mass is 14.7. The summed E-state index contributed by atoms with van der Waals surface area (Å²) in [5, 5.41) is 0. The van der Waals surface area contributed by atoms with Gasteiger partial charge in [-0.1, -0.05) is 18.2 Å². The minimum Gasteiger partial charge on any atom is -0.296 e. The number of aliphatic imine (C=N–C) groups is 3. The first-order chi connectivity index (χ1) is 7.29. The molecule has 0 spiro atoms. The quantitative estimate of drug-likeness (QED) is 0.486. The highest BCUT2D eigenvalue weighted by Gasteiger charge is 1.97. The normalized spacial score (nSPS) is 14.6. The van der Waals surface area contributed by atoms with Crippen molar-refractivity contribution in [3.63, 3.8) is 0 Å². The molecule has 0 N–H and O–H groups in total. The van der Waals surface area contributed by atoms with E-state index in [1.165, 1.54) is 0 Å². The van der Waals surface area contributed by atoms with E-state index in [4.69, 9.17) is 0 Å². The Morgan fingerprint density at radius 3 is 2.47 bits per heavy atom. The summed E-state index contributed by atoms with van der Waals surface area (Å²) in [6.07, 6.45) is 11.0. The number of hydrogen-bond acceptors (Lipinski definition) is 3. The Hall–Kier alpha value is -1.77. The van der Waals surface area contributed by atoms with Crippen LogP contribution >= 0.6 is 0 Å². The summed E-state index contributed by atoms with van der Waals surface area (Å²) in [5.74, 6) is 0. The molecule has 0 aliphatic rings. The molecular weight excluding hydrogens is 186 g/mol. The van der Waals surface area contributed by atoms with E-state index in [0.717, 1.165) is 11.3 Å². The SMILES string of the molecule is C=N/C=C\C(=NC)/C(C=NC)=C\C=C/C. The average molecular weight is 203 g/mol. The van der Waals surface area contributed by atoms with Crippen molar-refractivity contribution in [2.45, 2.75) is 6.92 Å². The molecule has 0 fully saturated rings. The monoisotopic (exact) mass is 203 g/mol. The first kappa shape index (κ1) is 13.2.